The molecular formula is C67H136N2O6P+. The van der Waals surface area contributed by atoms with Gasteiger partial charge in [0.05, 0.1) is 39.9 Å². The van der Waals surface area contributed by atoms with Gasteiger partial charge in [-0.25, -0.2) is 4.57 Å². The lowest BCUT2D eigenvalue weighted by Crippen LogP contribution is -2.45. The molecule has 0 aliphatic rings. The molecule has 0 aliphatic carbocycles. The van der Waals surface area contributed by atoms with E-state index in [1.807, 2.05) is 27.2 Å². The normalized spacial score (nSPS) is 13.7. The minimum Gasteiger partial charge on any atom is -0.387 e. The molecule has 1 amide bonds. The lowest BCUT2D eigenvalue weighted by atomic mass is 10.0. The molecule has 0 aliphatic heterocycles. The number of carbonyl (C=O) groups is 1. The molecule has 0 saturated heterocycles. The summed E-state index contributed by atoms with van der Waals surface area (Å²) < 4.78 is 23.8. The first-order valence-electron chi connectivity index (χ1n) is 34.1. The molecule has 9 heteroatoms. The Hall–Kier alpha value is -0.760. The molecule has 0 rings (SSSR count). The van der Waals surface area contributed by atoms with Crippen LogP contribution in [0.15, 0.2) is 12.2 Å². The average molecular weight is 1100 g/mol. The van der Waals surface area contributed by atoms with Crippen molar-refractivity contribution in [2.24, 2.45) is 0 Å². The number of hydrogen-bond donors (Lipinski definition) is 3. The molecule has 0 aromatic rings. The van der Waals surface area contributed by atoms with Gasteiger partial charge in [-0.2, -0.15) is 0 Å². The van der Waals surface area contributed by atoms with E-state index in [1.165, 1.54) is 308 Å². The van der Waals surface area contributed by atoms with Gasteiger partial charge in [-0.05, 0) is 19.3 Å². The molecular weight excluding hydrogens is 960 g/mol. The number of aliphatic hydroxyl groups excluding tert-OH is 1. The molecule has 76 heavy (non-hydrogen) atoms. The second-order valence-corrected chi connectivity index (χ2v) is 26.4. The molecule has 454 valence electrons. The highest BCUT2D eigenvalue weighted by Crippen LogP contribution is 2.43. The summed E-state index contributed by atoms with van der Waals surface area (Å²) in [5, 5.41) is 14.0. The fraction of sp³-hybridized carbons (Fsp3) is 0.955. The summed E-state index contributed by atoms with van der Waals surface area (Å²) in [7, 11) is 1.59. The van der Waals surface area contributed by atoms with Crippen molar-refractivity contribution in [1.82, 2.24) is 5.32 Å². The number of quaternary nitrogens is 1. The number of nitrogens with zero attached hydrogens (tertiary/aromatic N) is 1. The van der Waals surface area contributed by atoms with Crippen LogP contribution in [0.4, 0.5) is 0 Å². The zero-order valence-electron chi connectivity index (χ0n) is 52.0. The third-order valence-electron chi connectivity index (χ3n) is 16.0. The molecule has 0 fully saturated rings. The zero-order chi connectivity index (χ0) is 55.6. The van der Waals surface area contributed by atoms with Gasteiger partial charge in [0.15, 0.2) is 0 Å². The van der Waals surface area contributed by atoms with Crippen LogP contribution in [0.2, 0.25) is 0 Å². The number of nitrogens with one attached hydrogen (secondary N) is 1. The van der Waals surface area contributed by atoms with Crippen LogP contribution in [-0.4, -0.2) is 73.4 Å². The molecule has 0 radical (unpaired) electrons. The number of amides is 1. The number of unbranched alkanes of at least 4 members (excludes halogenated alkanes) is 51. The van der Waals surface area contributed by atoms with Crippen LogP contribution in [0, 0.1) is 0 Å². The third-order valence-corrected chi connectivity index (χ3v) is 17.0. The first-order chi connectivity index (χ1) is 37.0. The van der Waals surface area contributed by atoms with Gasteiger partial charge in [0, 0.05) is 6.42 Å². The smallest absolute Gasteiger partial charge is 0.387 e. The molecule has 0 bridgehead atoms. The molecule has 0 spiro atoms. The van der Waals surface area contributed by atoms with Gasteiger partial charge in [-0.15, -0.1) is 0 Å². The van der Waals surface area contributed by atoms with E-state index in [0.29, 0.717) is 17.4 Å². The predicted octanol–water partition coefficient (Wildman–Crippen LogP) is 21.3. The van der Waals surface area contributed by atoms with Crippen molar-refractivity contribution in [3.8, 4) is 0 Å². The molecule has 0 aromatic heterocycles. The Morgan fingerprint density at radius 1 is 0.434 bits per heavy atom. The maximum atomic E-state index is 13.0. The lowest BCUT2D eigenvalue weighted by Gasteiger charge is -2.25. The summed E-state index contributed by atoms with van der Waals surface area (Å²) >= 11 is 0. The van der Waals surface area contributed by atoms with Crippen molar-refractivity contribution in [2.75, 3.05) is 40.9 Å². The average Bonchev–Trinajstić information content (AvgIpc) is 3.38. The van der Waals surface area contributed by atoms with Crippen LogP contribution in [0.1, 0.15) is 361 Å². The summed E-state index contributed by atoms with van der Waals surface area (Å²) in [5.74, 6) is -0.167. The number of phosphoric ester groups is 1. The monoisotopic (exact) mass is 1100 g/mol. The van der Waals surface area contributed by atoms with Gasteiger partial charge in [0.25, 0.3) is 0 Å². The Morgan fingerprint density at radius 2 is 0.697 bits per heavy atom. The van der Waals surface area contributed by atoms with Crippen LogP contribution >= 0.6 is 7.82 Å². The molecule has 3 unspecified atom stereocenters. The second-order valence-electron chi connectivity index (χ2n) is 24.9. The van der Waals surface area contributed by atoms with Gasteiger partial charge in [-0.1, -0.05) is 347 Å². The Labute approximate surface area is 475 Å². The highest BCUT2D eigenvalue weighted by Gasteiger charge is 2.28. The van der Waals surface area contributed by atoms with Crippen LogP contribution in [-0.2, 0) is 18.4 Å². The summed E-state index contributed by atoms with van der Waals surface area (Å²) in [6.07, 6.45) is 75.0. The number of phosphoric acid groups is 1. The van der Waals surface area contributed by atoms with Crippen molar-refractivity contribution in [3.05, 3.63) is 12.2 Å². The van der Waals surface area contributed by atoms with Gasteiger partial charge in [0.1, 0.15) is 13.2 Å². The standard InChI is InChI=1S/C67H135N2O6P/c1-6-8-10-12-14-16-18-20-22-24-26-28-30-31-32-33-34-35-36-37-38-39-41-43-45-47-49-51-53-55-57-59-61-67(71)68-65(64-75-76(72,73)74-63-62-69(3,4)5)66(70)60-58-56-54-52-50-48-46-44-42-40-29-27-25-23-21-19-17-15-13-11-9-7-2/h58,60,65-66,70H,6-57,59,61-64H2,1-5H3,(H-,68,71,72,73)/p+1/b60-58+. The minimum absolute atomic E-state index is 0.0654. The largest absolute Gasteiger partial charge is 0.472 e. The van der Waals surface area contributed by atoms with Crippen molar-refractivity contribution >= 4 is 13.7 Å². The van der Waals surface area contributed by atoms with Crippen LogP contribution in [0.3, 0.4) is 0 Å². The lowest BCUT2D eigenvalue weighted by molar-refractivity contribution is -0.870. The van der Waals surface area contributed by atoms with E-state index in [9.17, 15) is 19.4 Å². The van der Waals surface area contributed by atoms with E-state index in [-0.39, 0.29) is 19.1 Å². The van der Waals surface area contributed by atoms with Crippen molar-refractivity contribution in [1.29, 1.82) is 0 Å². The number of hydrogen-bond acceptors (Lipinski definition) is 5. The first-order valence-corrected chi connectivity index (χ1v) is 35.6. The zero-order valence-corrected chi connectivity index (χ0v) is 52.9. The van der Waals surface area contributed by atoms with E-state index in [2.05, 4.69) is 19.2 Å². The molecule has 0 aromatic carbocycles. The van der Waals surface area contributed by atoms with E-state index >= 15 is 0 Å². The van der Waals surface area contributed by atoms with Crippen LogP contribution in [0.5, 0.6) is 0 Å². The maximum Gasteiger partial charge on any atom is 0.472 e. The van der Waals surface area contributed by atoms with Crippen molar-refractivity contribution in [3.63, 3.8) is 0 Å². The van der Waals surface area contributed by atoms with Gasteiger partial charge >= 0.3 is 7.82 Å². The summed E-state index contributed by atoms with van der Waals surface area (Å²) in [6.45, 7) is 4.89. The summed E-state index contributed by atoms with van der Waals surface area (Å²) in [4.78, 5) is 23.4. The Morgan fingerprint density at radius 3 is 0.974 bits per heavy atom. The quantitative estimate of drug-likeness (QED) is 0.0243. The molecule has 0 heterocycles. The molecule has 8 nitrogen and oxygen atoms in total. The Bertz CT molecular complexity index is 1240. The van der Waals surface area contributed by atoms with E-state index in [4.69, 9.17) is 9.05 Å². The van der Waals surface area contributed by atoms with Crippen molar-refractivity contribution in [2.45, 2.75) is 373 Å². The number of aliphatic hydroxyl groups is 1. The Balaban J connectivity index is 4.01. The SMILES string of the molecule is CCCCCCCCCCCCCCCCCCCCCC/C=C/C(O)C(COP(=O)(O)OCC[N+](C)(C)C)NC(=O)CCCCCCCCCCCCCCCCCCCCCCCCCCCCCCCCCC. The van der Waals surface area contributed by atoms with Gasteiger partial charge < -0.3 is 19.8 Å². The third kappa shape index (κ3) is 60.9. The number of allylic oxidation sites excluding steroid dienone is 1. The predicted molar refractivity (Wildman–Crippen MR) is 332 cm³/mol. The summed E-state index contributed by atoms with van der Waals surface area (Å²) in [5.41, 5.74) is 0. The number of likely N-dealkylation sites (N-methyl/N-ethyl adjacent to an activating group) is 1. The molecule has 3 atom stereocenters. The number of carbonyl (C=O) groups excluding carboxylic acids is 1. The summed E-state index contributed by atoms with van der Waals surface area (Å²) in [6, 6.07) is -0.843. The fourth-order valence-corrected chi connectivity index (χ4v) is 11.4. The van der Waals surface area contributed by atoms with Crippen LogP contribution in [0.25, 0.3) is 0 Å². The first kappa shape index (κ1) is 75.2. The van der Waals surface area contributed by atoms with Gasteiger partial charge in [0.2, 0.25) is 5.91 Å². The molecule has 3 N–H and O–H groups in total. The fourth-order valence-electron chi connectivity index (χ4n) is 10.7. The van der Waals surface area contributed by atoms with Crippen molar-refractivity contribution < 1.29 is 32.9 Å². The maximum absolute atomic E-state index is 13.0. The van der Waals surface area contributed by atoms with E-state index in [1.54, 1.807) is 6.08 Å². The van der Waals surface area contributed by atoms with E-state index < -0.39 is 20.0 Å². The topological polar surface area (TPSA) is 105 Å². The second kappa shape index (κ2) is 58.9. The van der Waals surface area contributed by atoms with Crippen LogP contribution < -0.4 is 5.32 Å². The highest BCUT2D eigenvalue weighted by atomic mass is 31.2. The highest BCUT2D eigenvalue weighted by molar-refractivity contribution is 7.47. The van der Waals surface area contributed by atoms with Gasteiger partial charge in [-0.3, -0.25) is 13.8 Å². The van der Waals surface area contributed by atoms with E-state index in [0.717, 1.165) is 32.1 Å². The minimum atomic E-state index is -4.35. The Kier molecular flexibility index (Phi) is 58.3. The molecule has 0 saturated carbocycles. The number of rotatable bonds is 64.